The summed E-state index contributed by atoms with van der Waals surface area (Å²) in [6.07, 6.45) is 3.92. The van der Waals surface area contributed by atoms with Gasteiger partial charge in [-0.1, -0.05) is 35.9 Å². The number of aromatic nitrogens is 1. The predicted molar refractivity (Wildman–Crippen MR) is 117 cm³/mol. The van der Waals surface area contributed by atoms with Crippen molar-refractivity contribution in [2.24, 2.45) is 5.92 Å². The lowest BCUT2D eigenvalue weighted by Gasteiger charge is -2.30. The molecule has 2 amide bonds. The molecule has 1 saturated heterocycles. The molecule has 3 aromatic rings. The average Bonchev–Trinajstić information content (AvgIpc) is 3.34. The Hall–Kier alpha value is -2.79. The largest absolute Gasteiger partial charge is 0.361 e. The number of rotatable bonds is 4. The summed E-state index contributed by atoms with van der Waals surface area (Å²) in [6, 6.07) is 14.1. The summed E-state index contributed by atoms with van der Waals surface area (Å²) in [5, 5.41) is 1.79. The van der Waals surface area contributed by atoms with E-state index in [-0.39, 0.29) is 17.7 Å². The van der Waals surface area contributed by atoms with E-state index in [0.717, 1.165) is 35.9 Å². The van der Waals surface area contributed by atoms with Gasteiger partial charge in [0.15, 0.2) is 0 Å². The monoisotopic (exact) mass is 421 g/mol. The minimum Gasteiger partial charge on any atom is -0.361 e. The number of nitrogens with zero attached hydrogens (tertiary/aromatic N) is 2. The number of carbonyl (C=O) groups is 2. The molecule has 5 rings (SSSR count). The Balaban J connectivity index is 1.22. The van der Waals surface area contributed by atoms with Gasteiger partial charge in [0.2, 0.25) is 11.8 Å². The number of H-pyrrole nitrogens is 1. The van der Waals surface area contributed by atoms with Crippen LogP contribution in [-0.2, 0) is 29.0 Å². The number of aromatic amines is 1. The van der Waals surface area contributed by atoms with E-state index in [0.29, 0.717) is 31.1 Å². The van der Waals surface area contributed by atoms with Gasteiger partial charge in [-0.3, -0.25) is 9.59 Å². The summed E-state index contributed by atoms with van der Waals surface area (Å²) in [5.41, 5.74) is 4.73. The lowest BCUT2D eigenvalue weighted by atomic mass is 9.98. The third-order valence-corrected chi connectivity index (χ3v) is 6.62. The fraction of sp³-hybridized carbons (Fsp3) is 0.333. The Morgan fingerprint density at radius 2 is 2.00 bits per heavy atom. The van der Waals surface area contributed by atoms with Crippen molar-refractivity contribution in [3.63, 3.8) is 0 Å². The Morgan fingerprint density at radius 1 is 1.17 bits per heavy atom. The quantitative estimate of drug-likeness (QED) is 0.696. The molecule has 1 N–H and O–H groups in total. The Labute approximate surface area is 180 Å². The zero-order chi connectivity index (χ0) is 20.7. The van der Waals surface area contributed by atoms with Crippen LogP contribution in [0.15, 0.2) is 48.7 Å². The van der Waals surface area contributed by atoms with Gasteiger partial charge in [-0.15, -0.1) is 0 Å². The van der Waals surface area contributed by atoms with Crippen molar-refractivity contribution >= 4 is 34.3 Å². The molecule has 154 valence electrons. The maximum atomic E-state index is 13.1. The lowest BCUT2D eigenvalue weighted by Crippen LogP contribution is -2.40. The number of amides is 2. The van der Waals surface area contributed by atoms with E-state index in [1.807, 2.05) is 46.3 Å². The summed E-state index contributed by atoms with van der Waals surface area (Å²) < 4.78 is 0. The number of carbonyl (C=O) groups excluding carboxylic acids is 2. The molecule has 0 spiro atoms. The molecule has 1 atom stereocenters. The fourth-order valence-corrected chi connectivity index (χ4v) is 4.88. The van der Waals surface area contributed by atoms with Crippen LogP contribution in [0.5, 0.6) is 0 Å². The van der Waals surface area contributed by atoms with Crippen LogP contribution in [-0.4, -0.2) is 46.2 Å². The Bertz CT molecular complexity index is 1120. The third kappa shape index (κ3) is 3.58. The molecule has 5 nitrogen and oxygen atoms in total. The fourth-order valence-electron chi connectivity index (χ4n) is 4.71. The molecule has 2 aromatic carbocycles. The molecule has 0 radical (unpaired) electrons. The van der Waals surface area contributed by atoms with E-state index >= 15 is 0 Å². The molecule has 3 heterocycles. The third-order valence-electron chi connectivity index (χ3n) is 6.39. The first kappa shape index (κ1) is 19.2. The van der Waals surface area contributed by atoms with E-state index < -0.39 is 0 Å². The van der Waals surface area contributed by atoms with Crippen LogP contribution in [0.4, 0.5) is 0 Å². The van der Waals surface area contributed by atoms with Gasteiger partial charge in [0.05, 0.1) is 5.92 Å². The van der Waals surface area contributed by atoms with Crippen molar-refractivity contribution in [2.75, 3.05) is 19.6 Å². The number of hydrogen-bond acceptors (Lipinski definition) is 2. The minimum atomic E-state index is -0.236. The van der Waals surface area contributed by atoms with Crippen LogP contribution in [0.3, 0.4) is 0 Å². The molecule has 1 unspecified atom stereocenters. The van der Waals surface area contributed by atoms with E-state index in [9.17, 15) is 9.59 Å². The van der Waals surface area contributed by atoms with Crippen molar-refractivity contribution in [1.29, 1.82) is 0 Å². The molecule has 30 heavy (non-hydrogen) atoms. The average molecular weight is 422 g/mol. The number of fused-ring (bicyclic) bond motifs is 2. The summed E-state index contributed by atoms with van der Waals surface area (Å²) >= 11 is 6.14. The number of halogens is 1. The first-order valence-electron chi connectivity index (χ1n) is 10.5. The van der Waals surface area contributed by atoms with Crippen LogP contribution in [0, 0.1) is 5.92 Å². The van der Waals surface area contributed by atoms with E-state index in [2.05, 4.69) is 17.1 Å². The molecule has 1 aromatic heterocycles. The highest BCUT2D eigenvalue weighted by molar-refractivity contribution is 6.31. The van der Waals surface area contributed by atoms with Crippen molar-refractivity contribution < 1.29 is 9.59 Å². The van der Waals surface area contributed by atoms with Crippen molar-refractivity contribution in [2.45, 2.75) is 25.8 Å². The molecule has 0 saturated carbocycles. The Morgan fingerprint density at radius 3 is 2.87 bits per heavy atom. The van der Waals surface area contributed by atoms with Crippen LogP contribution >= 0.6 is 11.6 Å². The van der Waals surface area contributed by atoms with Gasteiger partial charge in [-0.2, -0.15) is 0 Å². The second-order valence-electron chi connectivity index (χ2n) is 8.27. The van der Waals surface area contributed by atoms with Crippen LogP contribution < -0.4 is 0 Å². The van der Waals surface area contributed by atoms with Crippen molar-refractivity contribution in [1.82, 2.24) is 14.8 Å². The topological polar surface area (TPSA) is 56.4 Å². The number of nitrogens with one attached hydrogen (secondary N) is 1. The highest BCUT2D eigenvalue weighted by Crippen LogP contribution is 2.26. The SMILES string of the molecule is O=C1CC(C(=O)N2CCc3ccccc3C2)CN1CCc1c[nH]c2ccc(Cl)cc12. The molecule has 2 aliphatic heterocycles. The second-order valence-corrected chi connectivity index (χ2v) is 8.71. The van der Waals surface area contributed by atoms with E-state index in [1.54, 1.807) is 0 Å². The van der Waals surface area contributed by atoms with Gasteiger partial charge >= 0.3 is 0 Å². The predicted octanol–water partition coefficient (Wildman–Crippen LogP) is 3.80. The van der Waals surface area contributed by atoms with Gasteiger partial charge in [0.25, 0.3) is 0 Å². The highest BCUT2D eigenvalue weighted by atomic mass is 35.5. The highest BCUT2D eigenvalue weighted by Gasteiger charge is 2.37. The summed E-state index contributed by atoms with van der Waals surface area (Å²) in [4.78, 5) is 32.7. The second kappa shape index (κ2) is 7.80. The maximum Gasteiger partial charge on any atom is 0.228 e. The van der Waals surface area contributed by atoms with Gasteiger partial charge in [0, 0.05) is 54.7 Å². The zero-order valence-corrected chi connectivity index (χ0v) is 17.5. The van der Waals surface area contributed by atoms with Crippen LogP contribution in [0.2, 0.25) is 5.02 Å². The number of likely N-dealkylation sites (tertiary alicyclic amines) is 1. The van der Waals surface area contributed by atoms with Gasteiger partial charge in [-0.25, -0.2) is 0 Å². The zero-order valence-electron chi connectivity index (χ0n) is 16.7. The van der Waals surface area contributed by atoms with Gasteiger partial charge in [0.1, 0.15) is 0 Å². The molecule has 0 bridgehead atoms. The molecule has 0 aliphatic carbocycles. The first-order chi connectivity index (χ1) is 14.6. The van der Waals surface area contributed by atoms with Gasteiger partial charge < -0.3 is 14.8 Å². The molecule has 1 fully saturated rings. The summed E-state index contributed by atoms with van der Waals surface area (Å²) in [5.74, 6) is -0.0527. The van der Waals surface area contributed by atoms with Crippen molar-refractivity contribution in [3.05, 3.63) is 70.4 Å². The van der Waals surface area contributed by atoms with E-state index in [1.165, 1.54) is 11.1 Å². The first-order valence-corrected chi connectivity index (χ1v) is 10.8. The van der Waals surface area contributed by atoms with E-state index in [4.69, 9.17) is 11.6 Å². The van der Waals surface area contributed by atoms with Crippen molar-refractivity contribution in [3.8, 4) is 0 Å². The van der Waals surface area contributed by atoms with Gasteiger partial charge in [-0.05, 0) is 47.7 Å². The Kier molecular flexibility index (Phi) is 4.99. The summed E-state index contributed by atoms with van der Waals surface area (Å²) in [7, 11) is 0. The molecule has 2 aliphatic rings. The van der Waals surface area contributed by atoms with Crippen LogP contribution in [0.1, 0.15) is 23.1 Å². The molecular weight excluding hydrogens is 398 g/mol. The molecular formula is C24H24ClN3O2. The number of hydrogen-bond donors (Lipinski definition) is 1. The smallest absolute Gasteiger partial charge is 0.228 e. The maximum absolute atomic E-state index is 13.1. The summed E-state index contributed by atoms with van der Waals surface area (Å²) in [6.45, 7) is 2.51. The minimum absolute atomic E-state index is 0.0728. The van der Waals surface area contributed by atoms with Crippen LogP contribution in [0.25, 0.3) is 10.9 Å². The lowest BCUT2D eigenvalue weighted by molar-refractivity contribution is -0.136. The normalized spacial score (nSPS) is 18.8. The molecule has 6 heteroatoms. The number of benzene rings is 2. The standard InChI is InChI=1S/C24H24ClN3O2/c25-20-5-6-22-21(12-20)17(13-26-22)8-9-27-15-19(11-23(27)29)24(30)28-10-7-16-3-1-2-4-18(16)14-28/h1-6,12-13,19,26H,7-11,14-15H2.